The van der Waals surface area contributed by atoms with Crippen molar-refractivity contribution in [3.8, 4) is 0 Å². The maximum Gasteiger partial charge on any atom is 0.264 e. The van der Waals surface area contributed by atoms with Crippen LogP contribution in [0.25, 0.3) is 0 Å². The van der Waals surface area contributed by atoms with Crippen LogP contribution in [0.1, 0.15) is 0 Å². The molecular weight excluding hydrogens is 467 g/mol. The number of hydrogen-bond donors (Lipinski definition) is 2. The lowest BCUT2D eigenvalue weighted by Crippen LogP contribution is -2.14. The summed E-state index contributed by atoms with van der Waals surface area (Å²) in [4.78, 5) is -0.216. The van der Waals surface area contributed by atoms with E-state index >= 15 is 0 Å². The van der Waals surface area contributed by atoms with Crippen LogP contribution in [-0.4, -0.2) is 8.42 Å². The third kappa shape index (κ3) is 3.84. The largest absolute Gasteiger partial charge is 0.399 e. The van der Waals surface area contributed by atoms with E-state index in [9.17, 15) is 8.42 Å². The first-order chi connectivity index (χ1) is 9.70. The predicted octanol–water partition coefficient (Wildman–Crippen LogP) is 4.90. The number of nitrogens with two attached hydrogens (primary N) is 1. The molecule has 0 aliphatic carbocycles. The molecular formula is C12H8Br2Cl2N2O2S. The summed E-state index contributed by atoms with van der Waals surface area (Å²) in [7, 11) is -3.95. The molecule has 9 heteroatoms. The molecule has 0 spiro atoms. The van der Waals surface area contributed by atoms with Crippen molar-refractivity contribution in [2.75, 3.05) is 10.5 Å². The van der Waals surface area contributed by atoms with Gasteiger partial charge in [0.05, 0.1) is 15.7 Å². The molecule has 2 rings (SSSR count). The van der Waals surface area contributed by atoms with Crippen LogP contribution >= 0.6 is 55.1 Å². The van der Waals surface area contributed by atoms with Crippen molar-refractivity contribution in [3.63, 3.8) is 0 Å². The molecule has 2 aromatic carbocycles. The Kier molecular flexibility index (Phi) is 5.10. The van der Waals surface area contributed by atoms with Crippen molar-refractivity contribution in [1.29, 1.82) is 0 Å². The second-order valence-electron chi connectivity index (χ2n) is 4.04. The number of anilines is 2. The van der Waals surface area contributed by atoms with Crippen molar-refractivity contribution >= 4 is 76.5 Å². The molecule has 0 heterocycles. The molecule has 3 N–H and O–H groups in total. The van der Waals surface area contributed by atoms with Crippen LogP contribution in [0, 0.1) is 0 Å². The number of nitrogen functional groups attached to an aromatic ring is 1. The average Bonchev–Trinajstić information content (AvgIpc) is 2.31. The number of nitrogens with one attached hydrogen (secondary N) is 1. The molecule has 0 amide bonds. The minimum absolute atomic E-state index is 0.0429. The number of halogens is 4. The highest BCUT2D eigenvalue weighted by atomic mass is 79.9. The van der Waals surface area contributed by atoms with Gasteiger partial charge in [-0.2, -0.15) is 0 Å². The smallest absolute Gasteiger partial charge is 0.264 e. The molecule has 4 nitrogen and oxygen atoms in total. The molecule has 0 unspecified atom stereocenters. The highest BCUT2D eigenvalue weighted by Crippen LogP contribution is 2.34. The van der Waals surface area contributed by atoms with E-state index < -0.39 is 10.0 Å². The van der Waals surface area contributed by atoms with Crippen LogP contribution in [0.3, 0.4) is 0 Å². The van der Waals surface area contributed by atoms with Gasteiger partial charge in [0.1, 0.15) is 4.90 Å². The average molecular weight is 475 g/mol. The van der Waals surface area contributed by atoms with Gasteiger partial charge >= 0.3 is 0 Å². The Morgan fingerprint density at radius 1 is 1.05 bits per heavy atom. The summed E-state index contributed by atoms with van der Waals surface area (Å²) in [5.74, 6) is 0. The van der Waals surface area contributed by atoms with Crippen LogP contribution in [-0.2, 0) is 10.0 Å². The molecule has 0 saturated carbocycles. The third-order valence-electron chi connectivity index (χ3n) is 2.46. The van der Waals surface area contributed by atoms with Crippen molar-refractivity contribution in [3.05, 3.63) is 49.3 Å². The summed E-state index contributed by atoms with van der Waals surface area (Å²) >= 11 is 18.4. The molecule has 0 bridgehead atoms. The van der Waals surface area contributed by atoms with Gasteiger partial charge in [-0.05, 0) is 46.3 Å². The third-order valence-corrected chi connectivity index (χ3v) is 5.93. The first-order valence-corrected chi connectivity index (χ1v) is 9.25. The molecule has 2 aromatic rings. The fourth-order valence-corrected chi connectivity index (χ4v) is 4.75. The first-order valence-electron chi connectivity index (χ1n) is 5.43. The van der Waals surface area contributed by atoms with E-state index in [1.165, 1.54) is 12.1 Å². The molecule has 0 aliphatic heterocycles. The standard InChI is InChI=1S/C12H8Br2Cl2N2O2S/c13-6-1-2-8(14)11(3-6)18-21(19,20)12-9(15)4-7(17)5-10(12)16/h1-5,18H,17H2. The van der Waals surface area contributed by atoms with Gasteiger partial charge in [0, 0.05) is 14.6 Å². The topological polar surface area (TPSA) is 72.2 Å². The van der Waals surface area contributed by atoms with Crippen molar-refractivity contribution in [2.24, 2.45) is 0 Å². The zero-order valence-electron chi connectivity index (χ0n) is 10.2. The van der Waals surface area contributed by atoms with Gasteiger partial charge in [-0.25, -0.2) is 8.42 Å². The van der Waals surface area contributed by atoms with E-state index in [4.69, 9.17) is 28.9 Å². The maximum absolute atomic E-state index is 12.5. The Hall–Kier alpha value is -0.470. The van der Waals surface area contributed by atoms with E-state index in [1.807, 2.05) is 0 Å². The lowest BCUT2D eigenvalue weighted by atomic mass is 10.3. The minimum atomic E-state index is -3.95. The number of sulfonamides is 1. The molecule has 0 saturated heterocycles. The molecule has 0 atom stereocenters. The number of rotatable bonds is 3. The lowest BCUT2D eigenvalue weighted by molar-refractivity contribution is 0.601. The zero-order valence-corrected chi connectivity index (χ0v) is 15.7. The van der Waals surface area contributed by atoms with Crippen molar-refractivity contribution in [1.82, 2.24) is 0 Å². The monoisotopic (exact) mass is 472 g/mol. The van der Waals surface area contributed by atoms with E-state index in [0.29, 0.717) is 10.2 Å². The van der Waals surface area contributed by atoms with Crippen LogP contribution in [0.4, 0.5) is 11.4 Å². The summed E-state index contributed by atoms with van der Waals surface area (Å²) in [6.07, 6.45) is 0. The normalized spacial score (nSPS) is 11.4. The molecule has 0 aliphatic rings. The Balaban J connectivity index is 2.51. The summed E-state index contributed by atoms with van der Waals surface area (Å²) in [6.45, 7) is 0. The number of benzene rings is 2. The molecule has 0 fully saturated rings. The van der Waals surface area contributed by atoms with Crippen molar-refractivity contribution < 1.29 is 8.42 Å². The summed E-state index contributed by atoms with van der Waals surface area (Å²) in [5, 5.41) is -0.0859. The highest BCUT2D eigenvalue weighted by molar-refractivity contribution is 9.11. The van der Waals surface area contributed by atoms with Gasteiger partial charge in [-0.3, -0.25) is 4.72 Å². The SMILES string of the molecule is Nc1cc(Cl)c(S(=O)(=O)Nc2cc(Br)ccc2Br)c(Cl)c1. The van der Waals surface area contributed by atoms with Crippen LogP contribution < -0.4 is 10.5 Å². The Morgan fingerprint density at radius 2 is 1.62 bits per heavy atom. The number of hydrogen-bond acceptors (Lipinski definition) is 3. The molecule has 0 radical (unpaired) electrons. The Bertz CT molecular complexity index is 790. The maximum atomic E-state index is 12.5. The zero-order chi connectivity index (χ0) is 15.8. The van der Waals surface area contributed by atoms with E-state index in [0.717, 1.165) is 4.47 Å². The minimum Gasteiger partial charge on any atom is -0.399 e. The van der Waals surface area contributed by atoms with Gasteiger partial charge in [-0.15, -0.1) is 0 Å². The summed E-state index contributed by atoms with van der Waals surface area (Å²) in [5.41, 5.74) is 6.21. The molecule has 112 valence electrons. The van der Waals surface area contributed by atoms with E-state index in [2.05, 4.69) is 36.6 Å². The fraction of sp³-hybridized carbons (Fsp3) is 0. The van der Waals surface area contributed by atoms with Gasteiger partial charge in [0.15, 0.2) is 0 Å². The Labute approximate surface area is 148 Å². The molecule has 0 aromatic heterocycles. The highest BCUT2D eigenvalue weighted by Gasteiger charge is 2.23. The van der Waals surface area contributed by atoms with Crippen LogP contribution in [0.5, 0.6) is 0 Å². The second-order valence-corrected chi connectivity index (χ2v) is 8.25. The Morgan fingerprint density at radius 3 is 2.19 bits per heavy atom. The fourth-order valence-electron chi connectivity index (χ4n) is 1.61. The first kappa shape index (κ1) is 16.9. The van der Waals surface area contributed by atoms with Crippen LogP contribution in [0.15, 0.2) is 44.2 Å². The lowest BCUT2D eigenvalue weighted by Gasteiger charge is -2.13. The van der Waals surface area contributed by atoms with Gasteiger partial charge < -0.3 is 5.73 Å². The van der Waals surface area contributed by atoms with Gasteiger partial charge in [0.25, 0.3) is 10.0 Å². The van der Waals surface area contributed by atoms with Crippen LogP contribution in [0.2, 0.25) is 10.0 Å². The predicted molar refractivity (Wildman–Crippen MR) is 93.5 cm³/mol. The second kappa shape index (κ2) is 6.34. The van der Waals surface area contributed by atoms with Gasteiger partial charge in [0.2, 0.25) is 0 Å². The van der Waals surface area contributed by atoms with Gasteiger partial charge in [-0.1, -0.05) is 39.1 Å². The van der Waals surface area contributed by atoms with Crippen molar-refractivity contribution in [2.45, 2.75) is 4.90 Å². The summed E-state index contributed by atoms with van der Waals surface area (Å²) < 4.78 is 28.7. The van der Waals surface area contributed by atoms with E-state index in [1.54, 1.807) is 18.2 Å². The quantitative estimate of drug-likeness (QED) is 0.621. The molecule has 21 heavy (non-hydrogen) atoms. The summed E-state index contributed by atoms with van der Waals surface area (Å²) in [6, 6.07) is 7.75. The van der Waals surface area contributed by atoms with E-state index in [-0.39, 0.29) is 20.6 Å².